The summed E-state index contributed by atoms with van der Waals surface area (Å²) in [6.45, 7) is -0.499. The van der Waals surface area contributed by atoms with E-state index >= 15 is 0 Å². The Kier molecular flexibility index (Phi) is 5.41. The van der Waals surface area contributed by atoms with Crippen molar-refractivity contribution in [3.05, 3.63) is 33.8 Å². The average Bonchev–Trinajstić information content (AvgIpc) is 2.65. The first-order valence-corrected chi connectivity index (χ1v) is 10.5. The highest BCUT2D eigenvalue weighted by atomic mass is 35.5. The van der Waals surface area contributed by atoms with Crippen molar-refractivity contribution in [1.29, 1.82) is 0 Å². The minimum Gasteiger partial charge on any atom is -0.456 e. The maximum atomic E-state index is 12.8. The lowest BCUT2D eigenvalue weighted by atomic mass is 9.48. The summed E-state index contributed by atoms with van der Waals surface area (Å²) in [7, 11) is 0. The number of amides is 1. The number of Topliss-reactive ketones (excluding diaryl/α,β-unsaturated/α-hetero) is 1. The van der Waals surface area contributed by atoms with Crippen LogP contribution in [0.3, 0.4) is 0 Å². The summed E-state index contributed by atoms with van der Waals surface area (Å²) in [6, 6.07) is 4.47. The number of carbonyl (C=O) groups is 3. The molecule has 1 amide bonds. The smallest absolute Gasteiger partial charge is 0.325 e. The first kappa shape index (κ1) is 19.7. The molecule has 0 aliphatic heterocycles. The predicted octanol–water partition coefficient (Wildman–Crippen LogP) is 4.05. The molecule has 0 saturated heterocycles. The van der Waals surface area contributed by atoms with E-state index < -0.39 is 11.9 Å². The first-order chi connectivity index (χ1) is 13.3. The van der Waals surface area contributed by atoms with E-state index in [1.807, 2.05) is 0 Å². The molecule has 1 aromatic carbocycles. The molecule has 0 aromatic heterocycles. The summed E-state index contributed by atoms with van der Waals surface area (Å²) in [6.07, 6.45) is 6.61. The fraction of sp³-hybridized carbons (Fsp3) is 0.571. The number of halogens is 2. The van der Waals surface area contributed by atoms with Gasteiger partial charge in [0, 0.05) is 11.0 Å². The lowest BCUT2D eigenvalue weighted by Crippen LogP contribution is -2.51. The third-order valence-electron chi connectivity index (χ3n) is 6.57. The second-order valence-corrected chi connectivity index (χ2v) is 9.41. The Morgan fingerprint density at radius 2 is 1.61 bits per heavy atom. The van der Waals surface area contributed by atoms with Crippen molar-refractivity contribution in [3.63, 3.8) is 0 Å². The summed E-state index contributed by atoms with van der Waals surface area (Å²) in [4.78, 5) is 36.9. The molecule has 4 aliphatic rings. The molecular formula is C21H23Cl2NO4. The van der Waals surface area contributed by atoms with Gasteiger partial charge in [-0.15, -0.1) is 0 Å². The topological polar surface area (TPSA) is 72.5 Å². The highest BCUT2D eigenvalue weighted by molar-refractivity contribution is 6.42. The van der Waals surface area contributed by atoms with Crippen LogP contribution in [0.2, 0.25) is 10.0 Å². The standard InChI is InChI=1S/C21H23Cl2NO4/c22-16-2-1-15(6-17(16)23)20(27)24-10-19(26)28-11-18(25)21-7-12-3-13(8-21)5-14(4-12)9-21/h1-2,6,12-14H,3-5,7-11H2,(H,24,27). The molecule has 0 radical (unpaired) electrons. The lowest BCUT2D eigenvalue weighted by Gasteiger charge is -2.55. The fourth-order valence-corrected chi connectivity index (χ4v) is 5.99. The molecule has 1 aromatic rings. The van der Waals surface area contributed by atoms with Gasteiger partial charge in [0.25, 0.3) is 5.91 Å². The van der Waals surface area contributed by atoms with Gasteiger partial charge in [-0.3, -0.25) is 14.4 Å². The molecule has 0 unspecified atom stereocenters. The number of hydrogen-bond donors (Lipinski definition) is 1. The third-order valence-corrected chi connectivity index (χ3v) is 7.31. The van der Waals surface area contributed by atoms with Crippen molar-refractivity contribution in [2.45, 2.75) is 38.5 Å². The maximum Gasteiger partial charge on any atom is 0.325 e. The Morgan fingerprint density at radius 3 is 2.18 bits per heavy atom. The lowest BCUT2D eigenvalue weighted by molar-refractivity contribution is -0.157. The fourth-order valence-electron chi connectivity index (χ4n) is 5.69. The van der Waals surface area contributed by atoms with Crippen LogP contribution in [0.4, 0.5) is 0 Å². The van der Waals surface area contributed by atoms with Gasteiger partial charge < -0.3 is 10.1 Å². The Balaban J connectivity index is 1.26. The molecule has 4 aliphatic carbocycles. The van der Waals surface area contributed by atoms with Crippen molar-refractivity contribution in [1.82, 2.24) is 5.32 Å². The van der Waals surface area contributed by atoms with E-state index in [0.717, 1.165) is 19.3 Å². The van der Waals surface area contributed by atoms with Crippen molar-refractivity contribution >= 4 is 40.9 Å². The van der Waals surface area contributed by atoms with E-state index in [-0.39, 0.29) is 29.4 Å². The molecule has 0 spiro atoms. The van der Waals surface area contributed by atoms with Gasteiger partial charge >= 0.3 is 5.97 Å². The highest BCUT2D eigenvalue weighted by Gasteiger charge is 2.54. The molecule has 4 fully saturated rings. The number of ketones is 1. The van der Waals surface area contributed by atoms with E-state index in [4.69, 9.17) is 27.9 Å². The van der Waals surface area contributed by atoms with Gasteiger partial charge in [-0.1, -0.05) is 23.2 Å². The minimum atomic E-state index is -0.619. The van der Waals surface area contributed by atoms with Crippen LogP contribution in [-0.4, -0.2) is 30.8 Å². The van der Waals surface area contributed by atoms with Crippen LogP contribution in [0.5, 0.6) is 0 Å². The van der Waals surface area contributed by atoms with E-state index in [0.29, 0.717) is 28.3 Å². The minimum absolute atomic E-state index is 0.0516. The van der Waals surface area contributed by atoms with Crippen molar-refractivity contribution < 1.29 is 19.1 Å². The van der Waals surface area contributed by atoms with Gasteiger partial charge in [-0.2, -0.15) is 0 Å². The van der Waals surface area contributed by atoms with Crippen LogP contribution in [0.25, 0.3) is 0 Å². The number of nitrogens with one attached hydrogen (secondary N) is 1. The second-order valence-electron chi connectivity index (χ2n) is 8.59. The molecule has 28 heavy (non-hydrogen) atoms. The molecule has 0 atom stereocenters. The molecule has 7 heteroatoms. The number of rotatable bonds is 6. The number of benzene rings is 1. The average molecular weight is 424 g/mol. The van der Waals surface area contributed by atoms with Crippen molar-refractivity contribution in [2.24, 2.45) is 23.2 Å². The Morgan fingerprint density at radius 1 is 1.00 bits per heavy atom. The number of esters is 1. The van der Waals surface area contributed by atoms with Crippen LogP contribution < -0.4 is 5.32 Å². The second kappa shape index (κ2) is 7.68. The molecule has 4 saturated carbocycles. The van der Waals surface area contributed by atoms with Crippen LogP contribution in [-0.2, 0) is 14.3 Å². The Bertz CT molecular complexity index is 787. The Labute approximate surface area is 174 Å². The molecule has 5 nitrogen and oxygen atoms in total. The molecular weight excluding hydrogens is 401 g/mol. The van der Waals surface area contributed by atoms with Crippen LogP contribution in [0.1, 0.15) is 48.9 Å². The molecule has 1 N–H and O–H groups in total. The van der Waals surface area contributed by atoms with Crippen molar-refractivity contribution in [2.75, 3.05) is 13.2 Å². The van der Waals surface area contributed by atoms with E-state index in [9.17, 15) is 14.4 Å². The third kappa shape index (κ3) is 3.92. The predicted molar refractivity (Wildman–Crippen MR) is 105 cm³/mol. The van der Waals surface area contributed by atoms with Gasteiger partial charge in [0.05, 0.1) is 10.0 Å². The normalized spacial score (nSPS) is 30.1. The zero-order valence-corrected chi connectivity index (χ0v) is 17.0. The van der Waals surface area contributed by atoms with Crippen LogP contribution in [0, 0.1) is 23.2 Å². The summed E-state index contributed by atoms with van der Waals surface area (Å²) in [5, 5.41) is 3.09. The molecule has 4 bridgehead atoms. The largest absolute Gasteiger partial charge is 0.456 e. The first-order valence-electron chi connectivity index (χ1n) is 9.77. The van der Waals surface area contributed by atoms with Gasteiger partial charge in [-0.25, -0.2) is 0 Å². The molecule has 150 valence electrons. The highest BCUT2D eigenvalue weighted by Crippen LogP contribution is 2.60. The monoisotopic (exact) mass is 423 g/mol. The number of carbonyl (C=O) groups excluding carboxylic acids is 3. The van der Waals surface area contributed by atoms with Gasteiger partial charge in [-0.05, 0) is 74.5 Å². The summed E-state index contributed by atoms with van der Waals surface area (Å²) >= 11 is 11.7. The maximum absolute atomic E-state index is 12.8. The quantitative estimate of drug-likeness (QED) is 0.700. The van der Waals surface area contributed by atoms with Gasteiger partial charge in [0.2, 0.25) is 0 Å². The van der Waals surface area contributed by atoms with Gasteiger partial charge in [0.15, 0.2) is 12.4 Å². The van der Waals surface area contributed by atoms with Crippen LogP contribution in [0.15, 0.2) is 18.2 Å². The molecule has 0 heterocycles. The Hall–Kier alpha value is -1.59. The SMILES string of the molecule is O=C(CNC(=O)c1ccc(Cl)c(Cl)c1)OCC(=O)C12CC3CC(CC(C3)C1)C2. The summed E-state index contributed by atoms with van der Waals surface area (Å²) in [5.41, 5.74) is 0.0186. The number of ether oxygens (including phenoxy) is 1. The van der Waals surface area contributed by atoms with Crippen LogP contribution >= 0.6 is 23.2 Å². The summed E-state index contributed by atoms with van der Waals surface area (Å²) in [5.74, 6) is 0.967. The van der Waals surface area contributed by atoms with Gasteiger partial charge in [0.1, 0.15) is 6.54 Å². The zero-order chi connectivity index (χ0) is 19.9. The zero-order valence-electron chi connectivity index (χ0n) is 15.5. The molecule has 5 rings (SSSR count). The summed E-state index contributed by atoms with van der Waals surface area (Å²) < 4.78 is 5.17. The van der Waals surface area contributed by atoms with E-state index in [2.05, 4.69) is 5.32 Å². The van der Waals surface area contributed by atoms with Crippen molar-refractivity contribution in [3.8, 4) is 0 Å². The van der Waals surface area contributed by atoms with E-state index in [1.54, 1.807) is 0 Å². The number of hydrogen-bond acceptors (Lipinski definition) is 4. The van der Waals surface area contributed by atoms with E-state index in [1.165, 1.54) is 37.5 Å².